The first-order chi connectivity index (χ1) is 10.4. The van der Waals surface area contributed by atoms with Crippen LogP contribution >= 0.6 is 0 Å². The van der Waals surface area contributed by atoms with Crippen LogP contribution in [-0.2, 0) is 19.8 Å². The average Bonchev–Trinajstić information content (AvgIpc) is 3.09. The number of hydrogen-bond acceptors (Lipinski definition) is 5. The van der Waals surface area contributed by atoms with Crippen molar-refractivity contribution in [2.45, 2.75) is 31.5 Å². The highest BCUT2D eigenvalue weighted by molar-refractivity contribution is 5.09. The van der Waals surface area contributed by atoms with E-state index < -0.39 is 11.9 Å². The van der Waals surface area contributed by atoms with Gasteiger partial charge in [0.2, 0.25) is 0 Å². The van der Waals surface area contributed by atoms with E-state index in [1.807, 2.05) is 0 Å². The molecule has 22 heavy (non-hydrogen) atoms. The van der Waals surface area contributed by atoms with E-state index in [4.69, 9.17) is 0 Å². The van der Waals surface area contributed by atoms with E-state index in [0.717, 1.165) is 31.4 Å². The minimum absolute atomic E-state index is 0.0361. The van der Waals surface area contributed by atoms with E-state index >= 15 is 0 Å². The summed E-state index contributed by atoms with van der Waals surface area (Å²) in [5.74, 6) is 1.09. The molecule has 0 aliphatic carbocycles. The summed E-state index contributed by atoms with van der Waals surface area (Å²) in [6.07, 6.45) is -1.80. The highest BCUT2D eigenvalue weighted by Crippen LogP contribution is 2.31. The van der Waals surface area contributed by atoms with Gasteiger partial charge < -0.3 is 4.98 Å². The van der Waals surface area contributed by atoms with Gasteiger partial charge in [-0.2, -0.15) is 13.2 Å². The largest absolute Gasteiger partial charge is 0.432 e. The Balaban J connectivity index is 1.68. The lowest BCUT2D eigenvalue weighted by Gasteiger charge is -2.31. The molecule has 7 nitrogen and oxygen atoms in total. The number of imidazole rings is 1. The molecule has 120 valence electrons. The van der Waals surface area contributed by atoms with Gasteiger partial charge in [-0.3, -0.25) is 4.90 Å². The molecule has 10 heteroatoms. The van der Waals surface area contributed by atoms with Crippen molar-refractivity contribution < 1.29 is 13.2 Å². The van der Waals surface area contributed by atoms with Crippen LogP contribution in [0.25, 0.3) is 0 Å². The fourth-order valence-corrected chi connectivity index (χ4v) is 2.69. The molecule has 2 aromatic rings. The summed E-state index contributed by atoms with van der Waals surface area (Å²) >= 11 is 0. The summed E-state index contributed by atoms with van der Waals surface area (Å²) in [7, 11) is 1.76. The first kappa shape index (κ1) is 14.9. The van der Waals surface area contributed by atoms with Crippen molar-refractivity contribution in [2.75, 3.05) is 13.1 Å². The Hall–Kier alpha value is -1.97. The number of rotatable bonds is 3. The molecule has 1 aliphatic heterocycles. The number of aromatic amines is 1. The van der Waals surface area contributed by atoms with Crippen LogP contribution in [0.3, 0.4) is 0 Å². The molecular formula is C12H16F3N7. The quantitative estimate of drug-likeness (QED) is 0.925. The van der Waals surface area contributed by atoms with Gasteiger partial charge in [-0.15, -0.1) is 5.10 Å². The number of hydrogen-bond donors (Lipinski definition) is 1. The molecule has 0 saturated carbocycles. The number of nitrogens with one attached hydrogen (secondary N) is 1. The van der Waals surface area contributed by atoms with Gasteiger partial charge in [-0.05, 0) is 29.8 Å². The van der Waals surface area contributed by atoms with E-state index in [1.54, 1.807) is 11.7 Å². The molecule has 0 spiro atoms. The van der Waals surface area contributed by atoms with Crippen LogP contribution in [-0.4, -0.2) is 48.2 Å². The van der Waals surface area contributed by atoms with Gasteiger partial charge in [0.15, 0.2) is 5.82 Å². The molecular weight excluding hydrogens is 299 g/mol. The fraction of sp³-hybridized carbons (Fsp3) is 0.667. The summed E-state index contributed by atoms with van der Waals surface area (Å²) in [6.45, 7) is 2.08. The van der Waals surface area contributed by atoms with Crippen LogP contribution in [0, 0.1) is 0 Å². The number of tetrazole rings is 1. The molecule has 0 aromatic carbocycles. The highest BCUT2D eigenvalue weighted by atomic mass is 19.4. The number of nitrogens with zero attached hydrogens (tertiary/aromatic N) is 6. The zero-order valence-corrected chi connectivity index (χ0v) is 12.0. The van der Waals surface area contributed by atoms with Crippen LogP contribution in [0.2, 0.25) is 0 Å². The Morgan fingerprint density at radius 2 is 2.23 bits per heavy atom. The van der Waals surface area contributed by atoms with Gasteiger partial charge >= 0.3 is 6.18 Å². The second-order valence-corrected chi connectivity index (χ2v) is 5.47. The molecule has 1 atom stereocenters. The second kappa shape index (κ2) is 5.67. The van der Waals surface area contributed by atoms with Crippen molar-refractivity contribution in [2.24, 2.45) is 7.05 Å². The Morgan fingerprint density at radius 3 is 2.86 bits per heavy atom. The van der Waals surface area contributed by atoms with E-state index in [0.29, 0.717) is 18.9 Å². The molecule has 2 aromatic heterocycles. The molecule has 0 amide bonds. The number of piperidine rings is 1. The Labute approximate surface area is 124 Å². The topological polar surface area (TPSA) is 75.5 Å². The van der Waals surface area contributed by atoms with Crippen molar-refractivity contribution >= 4 is 0 Å². The molecule has 0 radical (unpaired) electrons. The summed E-state index contributed by atoms with van der Waals surface area (Å²) in [5.41, 5.74) is -0.794. The maximum atomic E-state index is 12.6. The third-order valence-corrected chi connectivity index (χ3v) is 3.87. The second-order valence-electron chi connectivity index (χ2n) is 5.47. The number of aromatic nitrogens is 6. The van der Waals surface area contributed by atoms with Crippen LogP contribution in [0.4, 0.5) is 13.2 Å². The maximum absolute atomic E-state index is 12.6. The standard InChI is InChI=1S/C12H16F3N7/c1-21-10(18-19-20-21)7-22-4-2-3-8(6-22)11-16-5-9(17-11)12(13,14)15/h5,8H,2-4,6-7H2,1H3,(H,16,17)/t8-/m1/s1. The van der Waals surface area contributed by atoms with E-state index in [9.17, 15) is 13.2 Å². The predicted molar refractivity (Wildman–Crippen MR) is 69.6 cm³/mol. The summed E-state index contributed by atoms with van der Waals surface area (Å²) in [6, 6.07) is 0. The van der Waals surface area contributed by atoms with E-state index in [-0.39, 0.29) is 5.92 Å². The lowest BCUT2D eigenvalue weighted by molar-refractivity contribution is -0.141. The van der Waals surface area contributed by atoms with Gasteiger partial charge in [-0.25, -0.2) is 9.67 Å². The van der Waals surface area contributed by atoms with Gasteiger partial charge in [0, 0.05) is 19.5 Å². The molecule has 1 aliphatic rings. The SMILES string of the molecule is Cn1nnnc1CN1CCC[C@@H](c2ncc(C(F)(F)F)[nH]2)C1. The van der Waals surface area contributed by atoms with E-state index in [1.165, 1.54) is 0 Å². The minimum atomic E-state index is -4.39. The van der Waals surface area contributed by atoms with Crippen molar-refractivity contribution in [3.05, 3.63) is 23.5 Å². The van der Waals surface area contributed by atoms with E-state index in [2.05, 4.69) is 30.4 Å². The van der Waals surface area contributed by atoms with Gasteiger partial charge in [0.25, 0.3) is 0 Å². The molecule has 1 saturated heterocycles. The minimum Gasteiger partial charge on any atom is -0.338 e. The summed E-state index contributed by atoms with van der Waals surface area (Å²) in [5, 5.41) is 11.3. The monoisotopic (exact) mass is 315 g/mol. The van der Waals surface area contributed by atoms with Crippen LogP contribution in [0.1, 0.15) is 36.1 Å². The van der Waals surface area contributed by atoms with Gasteiger partial charge in [0.05, 0.1) is 12.7 Å². The maximum Gasteiger partial charge on any atom is 0.432 e. The normalized spacial score (nSPS) is 20.5. The third-order valence-electron chi connectivity index (χ3n) is 3.87. The molecule has 0 unspecified atom stereocenters. The zero-order valence-electron chi connectivity index (χ0n) is 12.0. The van der Waals surface area contributed by atoms with Crippen LogP contribution in [0.5, 0.6) is 0 Å². The molecule has 1 N–H and O–H groups in total. The zero-order chi connectivity index (χ0) is 15.7. The molecule has 3 rings (SSSR count). The molecule has 3 heterocycles. The fourth-order valence-electron chi connectivity index (χ4n) is 2.69. The number of halogens is 3. The van der Waals surface area contributed by atoms with Crippen molar-refractivity contribution in [3.8, 4) is 0 Å². The number of likely N-dealkylation sites (tertiary alicyclic amines) is 1. The molecule has 0 bridgehead atoms. The highest BCUT2D eigenvalue weighted by Gasteiger charge is 2.34. The van der Waals surface area contributed by atoms with Crippen molar-refractivity contribution in [1.82, 2.24) is 35.1 Å². The smallest absolute Gasteiger partial charge is 0.338 e. The predicted octanol–water partition coefficient (Wildman–Crippen LogP) is 1.33. The summed E-state index contributed by atoms with van der Waals surface area (Å²) in [4.78, 5) is 8.45. The Morgan fingerprint density at radius 1 is 1.41 bits per heavy atom. The number of alkyl halides is 3. The first-order valence-corrected chi connectivity index (χ1v) is 6.99. The lowest BCUT2D eigenvalue weighted by atomic mass is 9.97. The number of H-pyrrole nitrogens is 1. The van der Waals surface area contributed by atoms with Crippen molar-refractivity contribution in [1.29, 1.82) is 0 Å². The van der Waals surface area contributed by atoms with Gasteiger partial charge in [0.1, 0.15) is 11.5 Å². The first-order valence-electron chi connectivity index (χ1n) is 6.99. The van der Waals surface area contributed by atoms with Crippen molar-refractivity contribution in [3.63, 3.8) is 0 Å². The Bertz CT molecular complexity index is 633. The third kappa shape index (κ3) is 3.11. The average molecular weight is 315 g/mol. The Kier molecular flexibility index (Phi) is 3.85. The van der Waals surface area contributed by atoms with Crippen LogP contribution in [0.15, 0.2) is 6.20 Å². The molecule has 1 fully saturated rings. The van der Waals surface area contributed by atoms with Crippen LogP contribution < -0.4 is 0 Å². The number of aryl methyl sites for hydroxylation is 1. The lowest BCUT2D eigenvalue weighted by Crippen LogP contribution is -2.35. The summed E-state index contributed by atoms with van der Waals surface area (Å²) < 4.78 is 39.5. The van der Waals surface area contributed by atoms with Gasteiger partial charge in [-0.1, -0.05) is 0 Å².